The van der Waals surface area contributed by atoms with Gasteiger partial charge in [0.05, 0.1) is 31.0 Å². The predicted octanol–water partition coefficient (Wildman–Crippen LogP) is 3.14. The van der Waals surface area contributed by atoms with Crippen LogP contribution in [0.5, 0.6) is 11.5 Å². The van der Waals surface area contributed by atoms with Gasteiger partial charge in [-0.25, -0.2) is 14.6 Å². The van der Waals surface area contributed by atoms with Gasteiger partial charge in [0.15, 0.2) is 23.1 Å². The van der Waals surface area contributed by atoms with E-state index in [0.717, 1.165) is 10.6 Å². The number of rotatable bonds is 4. The van der Waals surface area contributed by atoms with Crippen molar-refractivity contribution in [1.82, 2.24) is 19.7 Å². The Morgan fingerprint density at radius 1 is 1.08 bits per heavy atom. The summed E-state index contributed by atoms with van der Waals surface area (Å²) in [4.78, 5) is 9.99. The SMILES string of the molecule is COc1ccc(-n2ncc3nc(-c4cccs4)nc(N)c32)cc1OC. The van der Waals surface area contributed by atoms with E-state index in [1.54, 1.807) is 36.4 Å². The third-order valence-electron chi connectivity index (χ3n) is 3.80. The van der Waals surface area contributed by atoms with Crippen LogP contribution in [-0.4, -0.2) is 34.0 Å². The second kappa shape index (κ2) is 6.06. The molecule has 8 heteroatoms. The first-order valence-corrected chi connectivity index (χ1v) is 8.36. The Kier molecular flexibility index (Phi) is 3.73. The van der Waals surface area contributed by atoms with Gasteiger partial charge in [0.2, 0.25) is 0 Å². The number of nitrogens with zero attached hydrogens (tertiary/aromatic N) is 4. The first kappa shape index (κ1) is 15.4. The molecule has 0 fully saturated rings. The lowest BCUT2D eigenvalue weighted by Crippen LogP contribution is -2.03. The van der Waals surface area contributed by atoms with Gasteiger partial charge in [0, 0.05) is 6.07 Å². The van der Waals surface area contributed by atoms with Crippen LogP contribution in [0, 0.1) is 0 Å². The maximum absolute atomic E-state index is 6.21. The molecule has 3 heterocycles. The summed E-state index contributed by atoms with van der Waals surface area (Å²) >= 11 is 1.57. The summed E-state index contributed by atoms with van der Waals surface area (Å²) in [5.41, 5.74) is 8.34. The molecular formula is C17H15N5O2S. The van der Waals surface area contributed by atoms with Crippen molar-refractivity contribution in [3.05, 3.63) is 41.9 Å². The lowest BCUT2D eigenvalue weighted by molar-refractivity contribution is 0.355. The van der Waals surface area contributed by atoms with Gasteiger partial charge < -0.3 is 15.2 Å². The van der Waals surface area contributed by atoms with Crippen LogP contribution < -0.4 is 15.2 Å². The Hall–Kier alpha value is -3.13. The number of ether oxygens (including phenoxy) is 2. The summed E-state index contributed by atoms with van der Waals surface area (Å²) in [6, 6.07) is 9.44. The Balaban J connectivity index is 1.87. The van der Waals surface area contributed by atoms with E-state index < -0.39 is 0 Å². The van der Waals surface area contributed by atoms with Crippen molar-refractivity contribution in [2.75, 3.05) is 20.0 Å². The van der Waals surface area contributed by atoms with Crippen LogP contribution in [-0.2, 0) is 0 Å². The minimum atomic E-state index is 0.376. The van der Waals surface area contributed by atoms with Crippen molar-refractivity contribution in [2.24, 2.45) is 0 Å². The van der Waals surface area contributed by atoms with Crippen molar-refractivity contribution >= 4 is 28.2 Å². The molecule has 0 aliphatic rings. The first-order valence-electron chi connectivity index (χ1n) is 7.49. The summed E-state index contributed by atoms with van der Waals surface area (Å²) in [6.07, 6.45) is 1.68. The van der Waals surface area contributed by atoms with Crippen LogP contribution >= 0.6 is 11.3 Å². The molecule has 0 radical (unpaired) electrons. The molecule has 0 saturated heterocycles. The maximum atomic E-state index is 6.21. The molecule has 3 aromatic heterocycles. The summed E-state index contributed by atoms with van der Waals surface area (Å²) in [6.45, 7) is 0. The van der Waals surface area contributed by atoms with E-state index in [0.29, 0.717) is 34.2 Å². The zero-order valence-corrected chi connectivity index (χ0v) is 14.4. The highest BCUT2D eigenvalue weighted by molar-refractivity contribution is 7.13. The molecule has 0 atom stereocenters. The normalized spacial score (nSPS) is 11.0. The minimum Gasteiger partial charge on any atom is -0.493 e. The van der Waals surface area contributed by atoms with E-state index in [1.807, 2.05) is 35.7 Å². The Labute approximate surface area is 147 Å². The third kappa shape index (κ3) is 2.56. The van der Waals surface area contributed by atoms with E-state index in [-0.39, 0.29) is 0 Å². The highest BCUT2D eigenvalue weighted by Gasteiger charge is 2.15. The van der Waals surface area contributed by atoms with Crippen LogP contribution in [0.25, 0.3) is 27.4 Å². The fraction of sp³-hybridized carbons (Fsp3) is 0.118. The quantitative estimate of drug-likeness (QED) is 0.606. The van der Waals surface area contributed by atoms with E-state index in [9.17, 15) is 0 Å². The molecule has 0 aliphatic heterocycles. The van der Waals surface area contributed by atoms with Crippen LogP contribution in [0.3, 0.4) is 0 Å². The van der Waals surface area contributed by atoms with Gasteiger partial charge in [-0.2, -0.15) is 5.10 Å². The van der Waals surface area contributed by atoms with E-state index >= 15 is 0 Å². The summed E-state index contributed by atoms with van der Waals surface area (Å²) in [5, 5.41) is 6.40. The van der Waals surface area contributed by atoms with Crippen LogP contribution in [0.2, 0.25) is 0 Å². The number of aromatic nitrogens is 4. The number of anilines is 1. The van der Waals surface area contributed by atoms with Gasteiger partial charge in [-0.15, -0.1) is 11.3 Å². The highest BCUT2D eigenvalue weighted by atomic mass is 32.1. The molecular weight excluding hydrogens is 338 g/mol. The lowest BCUT2D eigenvalue weighted by Gasteiger charge is -2.10. The van der Waals surface area contributed by atoms with Crippen molar-refractivity contribution in [3.63, 3.8) is 0 Å². The lowest BCUT2D eigenvalue weighted by atomic mass is 10.2. The highest BCUT2D eigenvalue weighted by Crippen LogP contribution is 2.32. The van der Waals surface area contributed by atoms with E-state index in [4.69, 9.17) is 15.2 Å². The van der Waals surface area contributed by atoms with Crippen LogP contribution in [0.4, 0.5) is 5.82 Å². The number of thiophene rings is 1. The summed E-state index contributed by atoms with van der Waals surface area (Å²) in [5.74, 6) is 2.23. The fourth-order valence-electron chi connectivity index (χ4n) is 2.64. The number of fused-ring (bicyclic) bond motifs is 1. The number of hydrogen-bond acceptors (Lipinski definition) is 7. The molecule has 0 spiro atoms. The number of nitrogens with two attached hydrogens (primary N) is 1. The van der Waals surface area contributed by atoms with Crippen molar-refractivity contribution in [3.8, 4) is 27.9 Å². The molecule has 25 heavy (non-hydrogen) atoms. The van der Waals surface area contributed by atoms with Crippen LogP contribution in [0.15, 0.2) is 41.9 Å². The average molecular weight is 353 g/mol. The van der Waals surface area contributed by atoms with Gasteiger partial charge in [-0.05, 0) is 23.6 Å². The zero-order chi connectivity index (χ0) is 17.4. The zero-order valence-electron chi connectivity index (χ0n) is 13.6. The third-order valence-corrected chi connectivity index (χ3v) is 4.66. The first-order chi connectivity index (χ1) is 12.2. The van der Waals surface area contributed by atoms with Crippen LogP contribution in [0.1, 0.15) is 0 Å². The molecule has 2 N–H and O–H groups in total. The maximum Gasteiger partial charge on any atom is 0.172 e. The molecule has 0 unspecified atom stereocenters. The molecule has 0 aliphatic carbocycles. The Bertz CT molecular complexity index is 1040. The minimum absolute atomic E-state index is 0.376. The second-order valence-corrected chi connectivity index (χ2v) is 6.19. The molecule has 7 nitrogen and oxygen atoms in total. The topological polar surface area (TPSA) is 88.1 Å². The standard InChI is InChI=1S/C17H15N5O2S/c1-23-12-6-5-10(8-13(12)24-2)22-15-11(9-19-22)20-17(21-16(15)18)14-4-3-7-25-14/h3-9H,1-2H3,(H2,18,20,21). The van der Waals surface area contributed by atoms with Crippen molar-refractivity contribution < 1.29 is 9.47 Å². The van der Waals surface area contributed by atoms with Crippen molar-refractivity contribution in [1.29, 1.82) is 0 Å². The predicted molar refractivity (Wildman–Crippen MR) is 97.5 cm³/mol. The number of hydrogen-bond donors (Lipinski definition) is 1. The Morgan fingerprint density at radius 2 is 1.92 bits per heavy atom. The molecule has 0 amide bonds. The molecule has 0 saturated carbocycles. The molecule has 1 aromatic carbocycles. The molecule has 0 bridgehead atoms. The van der Waals surface area contributed by atoms with Gasteiger partial charge in [0.25, 0.3) is 0 Å². The Morgan fingerprint density at radius 3 is 2.64 bits per heavy atom. The number of benzene rings is 1. The largest absolute Gasteiger partial charge is 0.493 e. The van der Waals surface area contributed by atoms with E-state index in [2.05, 4.69) is 15.1 Å². The summed E-state index contributed by atoms with van der Waals surface area (Å²) < 4.78 is 12.3. The molecule has 4 aromatic rings. The van der Waals surface area contributed by atoms with Gasteiger partial charge in [-0.3, -0.25) is 0 Å². The van der Waals surface area contributed by atoms with Gasteiger partial charge in [-0.1, -0.05) is 6.07 Å². The molecule has 126 valence electrons. The fourth-order valence-corrected chi connectivity index (χ4v) is 3.29. The number of nitrogen functional groups attached to an aromatic ring is 1. The monoisotopic (exact) mass is 353 g/mol. The summed E-state index contributed by atoms with van der Waals surface area (Å²) in [7, 11) is 3.19. The number of methoxy groups -OCH3 is 2. The van der Waals surface area contributed by atoms with E-state index in [1.165, 1.54) is 0 Å². The van der Waals surface area contributed by atoms with Gasteiger partial charge in [0.1, 0.15) is 11.0 Å². The smallest absolute Gasteiger partial charge is 0.172 e. The van der Waals surface area contributed by atoms with Gasteiger partial charge >= 0.3 is 0 Å². The average Bonchev–Trinajstić information content (AvgIpc) is 3.31. The van der Waals surface area contributed by atoms with Crippen molar-refractivity contribution in [2.45, 2.75) is 0 Å². The molecule has 4 rings (SSSR count). The second-order valence-electron chi connectivity index (χ2n) is 5.24.